The number of amides is 1. The molecule has 1 aromatic carbocycles. The van der Waals surface area contributed by atoms with Gasteiger partial charge in [-0.1, -0.05) is 42.6 Å². The van der Waals surface area contributed by atoms with Gasteiger partial charge < -0.3 is 4.74 Å². The summed E-state index contributed by atoms with van der Waals surface area (Å²) in [7, 11) is 1.69. The Hall–Kier alpha value is -1.88. The van der Waals surface area contributed by atoms with Crippen LogP contribution in [0.15, 0.2) is 35.5 Å². The van der Waals surface area contributed by atoms with E-state index >= 15 is 0 Å². The summed E-state index contributed by atoms with van der Waals surface area (Å²) in [6.45, 7) is 1.85. The number of hydrogen-bond acceptors (Lipinski definition) is 4. The number of anilines is 1. The van der Waals surface area contributed by atoms with Crippen molar-refractivity contribution in [3.8, 4) is 0 Å². The van der Waals surface area contributed by atoms with E-state index in [0.717, 1.165) is 25.7 Å². The van der Waals surface area contributed by atoms with Crippen molar-refractivity contribution in [2.45, 2.75) is 44.6 Å². The summed E-state index contributed by atoms with van der Waals surface area (Å²) in [5.41, 5.74) is 1.01. The van der Waals surface area contributed by atoms with Crippen LogP contribution in [0.5, 0.6) is 0 Å². The van der Waals surface area contributed by atoms with Crippen molar-refractivity contribution in [3.63, 3.8) is 0 Å². The molecule has 0 aliphatic heterocycles. The molecule has 1 aliphatic carbocycles. The van der Waals surface area contributed by atoms with E-state index < -0.39 is 6.09 Å². The standard InChI is InChI=1S/C16H22N2O3/c1-13(16(20-2)11-7-4-8-12-16)18-21-15(19)17-14-9-5-3-6-10-14/h3,5-6,9-10H,4,7-8,11-12H2,1-2H3,(H,17,19)/b18-13+. The monoisotopic (exact) mass is 290 g/mol. The number of benzene rings is 1. The summed E-state index contributed by atoms with van der Waals surface area (Å²) < 4.78 is 5.65. The molecule has 0 spiro atoms. The van der Waals surface area contributed by atoms with Crippen molar-refractivity contribution in [3.05, 3.63) is 30.3 Å². The van der Waals surface area contributed by atoms with Crippen LogP contribution in [-0.2, 0) is 9.57 Å². The number of carbonyl (C=O) groups excluding carboxylic acids is 1. The number of para-hydroxylation sites is 1. The minimum absolute atomic E-state index is 0.384. The predicted octanol–water partition coefficient (Wildman–Crippen LogP) is 3.96. The zero-order valence-corrected chi connectivity index (χ0v) is 12.6. The summed E-state index contributed by atoms with van der Waals surface area (Å²) in [5.74, 6) is 0. The average molecular weight is 290 g/mol. The normalized spacial score (nSPS) is 18.1. The molecule has 1 aliphatic rings. The van der Waals surface area contributed by atoms with Gasteiger partial charge in [0, 0.05) is 12.8 Å². The third-order valence-corrected chi connectivity index (χ3v) is 4.00. The van der Waals surface area contributed by atoms with Gasteiger partial charge in [-0.3, -0.25) is 10.2 Å². The van der Waals surface area contributed by atoms with Gasteiger partial charge in [0.2, 0.25) is 0 Å². The lowest BCUT2D eigenvalue weighted by molar-refractivity contribution is 0.0160. The quantitative estimate of drug-likeness (QED) is 0.518. The first-order valence-electron chi connectivity index (χ1n) is 7.29. The lowest BCUT2D eigenvalue weighted by Gasteiger charge is -2.35. The Morgan fingerprint density at radius 3 is 2.48 bits per heavy atom. The number of nitrogens with one attached hydrogen (secondary N) is 1. The minimum Gasteiger partial charge on any atom is -0.372 e. The van der Waals surface area contributed by atoms with Gasteiger partial charge >= 0.3 is 6.09 Å². The lowest BCUT2D eigenvalue weighted by atomic mass is 9.81. The maximum Gasteiger partial charge on any atom is 0.437 e. The molecular weight excluding hydrogens is 268 g/mol. The molecule has 1 amide bonds. The maximum absolute atomic E-state index is 11.7. The summed E-state index contributed by atoms with van der Waals surface area (Å²) in [6, 6.07) is 9.13. The van der Waals surface area contributed by atoms with Crippen LogP contribution < -0.4 is 5.32 Å². The maximum atomic E-state index is 11.7. The molecule has 0 unspecified atom stereocenters. The highest BCUT2D eigenvalue weighted by Gasteiger charge is 2.35. The lowest BCUT2D eigenvalue weighted by Crippen LogP contribution is -2.41. The van der Waals surface area contributed by atoms with E-state index in [2.05, 4.69) is 10.5 Å². The van der Waals surface area contributed by atoms with E-state index in [9.17, 15) is 4.79 Å². The van der Waals surface area contributed by atoms with Crippen LogP contribution in [0.3, 0.4) is 0 Å². The molecule has 0 aromatic heterocycles. The molecule has 0 saturated heterocycles. The van der Waals surface area contributed by atoms with Gasteiger partial charge in [-0.15, -0.1) is 0 Å². The largest absolute Gasteiger partial charge is 0.437 e. The fourth-order valence-corrected chi connectivity index (χ4v) is 2.69. The van der Waals surface area contributed by atoms with Crippen molar-refractivity contribution >= 4 is 17.5 Å². The molecule has 114 valence electrons. The first kappa shape index (κ1) is 15.5. The Labute approximate surface area is 125 Å². The van der Waals surface area contributed by atoms with Crippen LogP contribution >= 0.6 is 0 Å². The topological polar surface area (TPSA) is 59.9 Å². The Morgan fingerprint density at radius 2 is 1.86 bits per heavy atom. The van der Waals surface area contributed by atoms with Crippen LogP contribution in [0, 0.1) is 0 Å². The second-order valence-corrected chi connectivity index (χ2v) is 5.31. The average Bonchev–Trinajstić information content (AvgIpc) is 2.54. The molecule has 0 atom stereocenters. The molecule has 5 nitrogen and oxygen atoms in total. The van der Waals surface area contributed by atoms with Crippen molar-refractivity contribution in [2.24, 2.45) is 5.16 Å². The molecular formula is C16H22N2O3. The van der Waals surface area contributed by atoms with E-state index in [0.29, 0.717) is 11.4 Å². The summed E-state index contributed by atoms with van der Waals surface area (Å²) in [4.78, 5) is 16.7. The van der Waals surface area contributed by atoms with E-state index in [4.69, 9.17) is 9.57 Å². The van der Waals surface area contributed by atoms with Gasteiger partial charge in [-0.2, -0.15) is 0 Å². The second-order valence-electron chi connectivity index (χ2n) is 5.31. The summed E-state index contributed by atoms with van der Waals surface area (Å²) in [5, 5.41) is 6.59. The smallest absolute Gasteiger partial charge is 0.372 e. The Kier molecular flexibility index (Phi) is 5.33. The first-order valence-corrected chi connectivity index (χ1v) is 7.29. The molecule has 0 radical (unpaired) electrons. The number of oxime groups is 1. The highest BCUT2D eigenvalue weighted by molar-refractivity contribution is 5.91. The number of methoxy groups -OCH3 is 1. The highest BCUT2D eigenvalue weighted by Crippen LogP contribution is 2.32. The van der Waals surface area contributed by atoms with E-state index in [1.165, 1.54) is 6.42 Å². The zero-order chi connectivity index (χ0) is 15.1. The highest BCUT2D eigenvalue weighted by atomic mass is 16.7. The van der Waals surface area contributed by atoms with E-state index in [-0.39, 0.29) is 5.60 Å². The number of nitrogens with zero attached hydrogens (tertiary/aromatic N) is 1. The minimum atomic E-state index is -0.595. The third kappa shape index (κ3) is 4.04. The van der Waals surface area contributed by atoms with Crippen LogP contribution in [0.4, 0.5) is 10.5 Å². The molecule has 1 N–H and O–H groups in total. The molecule has 5 heteroatoms. The van der Waals surface area contributed by atoms with Gasteiger partial charge in [0.15, 0.2) is 0 Å². The van der Waals surface area contributed by atoms with Crippen molar-refractivity contribution in [1.82, 2.24) is 0 Å². The summed E-state index contributed by atoms with van der Waals surface area (Å²) >= 11 is 0. The van der Waals surface area contributed by atoms with Crippen LogP contribution in [0.25, 0.3) is 0 Å². The predicted molar refractivity (Wildman–Crippen MR) is 82.5 cm³/mol. The molecule has 21 heavy (non-hydrogen) atoms. The van der Waals surface area contributed by atoms with Crippen LogP contribution in [-0.4, -0.2) is 24.5 Å². The van der Waals surface area contributed by atoms with Gasteiger partial charge in [-0.05, 0) is 31.9 Å². The SMILES string of the molecule is COC1(/C(C)=N/OC(=O)Nc2ccccc2)CCCCC1. The molecule has 0 bridgehead atoms. The van der Waals surface area contributed by atoms with E-state index in [1.54, 1.807) is 19.2 Å². The van der Waals surface area contributed by atoms with Crippen LogP contribution in [0.1, 0.15) is 39.0 Å². The van der Waals surface area contributed by atoms with Crippen LogP contribution in [0.2, 0.25) is 0 Å². The number of ether oxygens (including phenoxy) is 1. The summed E-state index contributed by atoms with van der Waals surface area (Å²) in [6.07, 6.45) is 4.68. The van der Waals surface area contributed by atoms with Crippen molar-refractivity contribution < 1.29 is 14.4 Å². The fraction of sp³-hybridized carbons (Fsp3) is 0.500. The fourth-order valence-electron chi connectivity index (χ4n) is 2.69. The second kappa shape index (κ2) is 7.22. The van der Waals surface area contributed by atoms with Gasteiger partial charge in [-0.25, -0.2) is 4.79 Å². The molecule has 1 aromatic rings. The number of carbonyl (C=O) groups is 1. The number of rotatable bonds is 4. The first-order chi connectivity index (χ1) is 10.2. The molecule has 2 rings (SSSR count). The molecule has 1 fully saturated rings. The van der Waals surface area contributed by atoms with Gasteiger partial charge in [0.05, 0.1) is 5.71 Å². The molecule has 0 heterocycles. The van der Waals surface area contributed by atoms with Gasteiger partial charge in [0.1, 0.15) is 5.60 Å². The Balaban J connectivity index is 1.94. The Bertz CT molecular complexity index is 494. The number of hydrogen-bond donors (Lipinski definition) is 1. The van der Waals surface area contributed by atoms with E-state index in [1.807, 2.05) is 25.1 Å². The third-order valence-electron chi connectivity index (χ3n) is 4.00. The van der Waals surface area contributed by atoms with Crippen molar-refractivity contribution in [1.29, 1.82) is 0 Å². The Morgan fingerprint density at radius 1 is 1.19 bits per heavy atom. The zero-order valence-electron chi connectivity index (χ0n) is 12.6. The van der Waals surface area contributed by atoms with Gasteiger partial charge in [0.25, 0.3) is 0 Å². The van der Waals surface area contributed by atoms with Crippen molar-refractivity contribution in [2.75, 3.05) is 12.4 Å². The molecule has 1 saturated carbocycles.